The number of rotatable bonds is 5. The third kappa shape index (κ3) is 3.41. The number of benzene rings is 1. The molecular weight excluding hydrogens is 260 g/mol. The minimum absolute atomic E-state index is 0.0836. The van der Waals surface area contributed by atoms with E-state index in [2.05, 4.69) is 45.0 Å². The van der Waals surface area contributed by atoms with E-state index in [4.69, 9.17) is 10.5 Å². The third-order valence-corrected chi connectivity index (χ3v) is 4.95. The van der Waals surface area contributed by atoms with E-state index < -0.39 is 0 Å². The van der Waals surface area contributed by atoms with Crippen molar-refractivity contribution in [2.45, 2.75) is 44.9 Å². The zero-order chi connectivity index (χ0) is 15.5. The molecule has 1 unspecified atom stereocenters. The highest BCUT2D eigenvalue weighted by molar-refractivity contribution is 5.49. The average molecular weight is 290 g/mol. The van der Waals surface area contributed by atoms with Gasteiger partial charge in [0.25, 0.3) is 0 Å². The van der Waals surface area contributed by atoms with E-state index in [1.165, 1.54) is 23.1 Å². The molecule has 2 N–H and O–H groups in total. The summed E-state index contributed by atoms with van der Waals surface area (Å²) in [6.07, 6.45) is 4.54. The topological polar surface area (TPSA) is 38.5 Å². The van der Waals surface area contributed by atoms with Crippen LogP contribution < -0.4 is 10.5 Å². The Morgan fingerprint density at radius 3 is 2.71 bits per heavy atom. The molecule has 0 saturated carbocycles. The van der Waals surface area contributed by atoms with Gasteiger partial charge in [0, 0.05) is 17.5 Å². The van der Waals surface area contributed by atoms with Crippen LogP contribution in [0.1, 0.15) is 42.4 Å². The highest BCUT2D eigenvalue weighted by atomic mass is 16.5. The smallest absolute Gasteiger partial charge is 0.126 e. The molecule has 0 bridgehead atoms. The minimum Gasteiger partial charge on any atom is -0.493 e. The highest BCUT2D eigenvalue weighted by Gasteiger charge is 2.35. The van der Waals surface area contributed by atoms with E-state index >= 15 is 0 Å². The van der Waals surface area contributed by atoms with Gasteiger partial charge in [-0.2, -0.15) is 0 Å². The van der Waals surface area contributed by atoms with Crippen molar-refractivity contribution in [1.29, 1.82) is 0 Å². The summed E-state index contributed by atoms with van der Waals surface area (Å²) in [6.45, 7) is 6.95. The number of hydrogen-bond donors (Lipinski definition) is 1. The van der Waals surface area contributed by atoms with Gasteiger partial charge in [-0.25, -0.2) is 0 Å². The summed E-state index contributed by atoms with van der Waals surface area (Å²) in [6, 6.07) is 4.48. The molecule has 21 heavy (non-hydrogen) atoms. The van der Waals surface area contributed by atoms with Crippen molar-refractivity contribution < 1.29 is 4.74 Å². The van der Waals surface area contributed by atoms with Crippen LogP contribution in [-0.4, -0.2) is 38.7 Å². The number of ether oxygens (including phenoxy) is 1. The lowest BCUT2D eigenvalue weighted by Crippen LogP contribution is -2.36. The normalized spacial score (nSPS) is 21.8. The van der Waals surface area contributed by atoms with Gasteiger partial charge >= 0.3 is 0 Å². The Morgan fingerprint density at radius 2 is 2.05 bits per heavy atom. The first kappa shape index (κ1) is 16.3. The van der Waals surface area contributed by atoms with Gasteiger partial charge in [-0.15, -0.1) is 0 Å². The van der Waals surface area contributed by atoms with Gasteiger partial charge in [0.1, 0.15) is 5.75 Å². The first-order valence-electron chi connectivity index (χ1n) is 8.08. The molecule has 0 amide bonds. The standard InChI is InChI=1S/C18H30N2O/c1-14-7-8-16-17(15(14)2)21-12-6-10-18(16,13-19)9-5-11-20(3)4/h7-8H,5-6,9-13,19H2,1-4H3. The second kappa shape index (κ2) is 6.80. The van der Waals surface area contributed by atoms with Crippen molar-refractivity contribution in [3.05, 3.63) is 28.8 Å². The lowest BCUT2D eigenvalue weighted by Gasteiger charge is -2.33. The fourth-order valence-electron chi connectivity index (χ4n) is 3.42. The number of nitrogens with zero attached hydrogens (tertiary/aromatic N) is 1. The molecule has 0 aliphatic carbocycles. The predicted octanol–water partition coefficient (Wildman–Crippen LogP) is 3.01. The summed E-state index contributed by atoms with van der Waals surface area (Å²) in [7, 11) is 4.26. The van der Waals surface area contributed by atoms with E-state index in [0.29, 0.717) is 6.54 Å². The molecule has 1 aliphatic rings. The molecule has 0 aromatic heterocycles. The molecule has 118 valence electrons. The molecule has 3 nitrogen and oxygen atoms in total. The SMILES string of the molecule is Cc1ccc2c(c1C)OCCCC2(CN)CCCN(C)C. The summed E-state index contributed by atoms with van der Waals surface area (Å²) in [5, 5.41) is 0. The lowest BCUT2D eigenvalue weighted by atomic mass is 9.72. The minimum atomic E-state index is 0.0836. The molecule has 2 rings (SSSR count). The fourth-order valence-corrected chi connectivity index (χ4v) is 3.42. The number of fused-ring (bicyclic) bond motifs is 1. The Balaban J connectivity index is 2.35. The molecule has 3 heteroatoms. The van der Waals surface area contributed by atoms with E-state index in [0.717, 1.165) is 38.2 Å². The van der Waals surface area contributed by atoms with E-state index in [1.807, 2.05) is 0 Å². The first-order chi connectivity index (χ1) is 10.00. The summed E-state index contributed by atoms with van der Waals surface area (Å²) < 4.78 is 6.08. The second-order valence-electron chi connectivity index (χ2n) is 6.73. The van der Waals surface area contributed by atoms with Gasteiger partial charge in [0.2, 0.25) is 0 Å². The van der Waals surface area contributed by atoms with Gasteiger partial charge in [0.05, 0.1) is 6.61 Å². The molecule has 1 aliphatic heterocycles. The highest BCUT2D eigenvalue weighted by Crippen LogP contribution is 2.43. The fraction of sp³-hybridized carbons (Fsp3) is 0.667. The van der Waals surface area contributed by atoms with Crippen molar-refractivity contribution >= 4 is 0 Å². The molecular formula is C18H30N2O. The summed E-state index contributed by atoms with van der Waals surface area (Å²) in [4.78, 5) is 2.25. The van der Waals surface area contributed by atoms with Crippen LogP contribution in [0.15, 0.2) is 12.1 Å². The van der Waals surface area contributed by atoms with Gasteiger partial charge in [-0.05, 0) is 71.3 Å². The van der Waals surface area contributed by atoms with Gasteiger partial charge < -0.3 is 15.4 Å². The number of aryl methyl sites for hydroxylation is 1. The summed E-state index contributed by atoms with van der Waals surface area (Å²) >= 11 is 0. The molecule has 0 radical (unpaired) electrons. The Labute approximate surface area is 129 Å². The maximum atomic E-state index is 6.26. The first-order valence-corrected chi connectivity index (χ1v) is 8.08. The van der Waals surface area contributed by atoms with Crippen molar-refractivity contribution in [2.24, 2.45) is 5.73 Å². The predicted molar refractivity (Wildman–Crippen MR) is 89.2 cm³/mol. The largest absolute Gasteiger partial charge is 0.493 e. The third-order valence-electron chi connectivity index (χ3n) is 4.95. The Kier molecular flexibility index (Phi) is 5.28. The van der Waals surface area contributed by atoms with Crippen LogP contribution in [0.5, 0.6) is 5.75 Å². The molecule has 1 aromatic carbocycles. The number of nitrogens with two attached hydrogens (primary N) is 1. The Hall–Kier alpha value is -1.06. The van der Waals surface area contributed by atoms with Crippen LogP contribution in [0.25, 0.3) is 0 Å². The Morgan fingerprint density at radius 1 is 1.29 bits per heavy atom. The molecule has 0 saturated heterocycles. The molecule has 1 atom stereocenters. The van der Waals surface area contributed by atoms with Crippen molar-refractivity contribution in [3.63, 3.8) is 0 Å². The zero-order valence-corrected chi connectivity index (χ0v) is 14.0. The average Bonchev–Trinajstić information content (AvgIpc) is 2.63. The summed E-state index contributed by atoms with van der Waals surface area (Å²) in [5.74, 6) is 1.10. The molecule has 1 heterocycles. The van der Waals surface area contributed by atoms with Crippen LogP contribution in [0.4, 0.5) is 0 Å². The second-order valence-corrected chi connectivity index (χ2v) is 6.73. The van der Waals surface area contributed by atoms with E-state index in [-0.39, 0.29) is 5.41 Å². The van der Waals surface area contributed by atoms with Crippen molar-refractivity contribution in [3.8, 4) is 5.75 Å². The maximum absolute atomic E-state index is 6.26. The monoisotopic (exact) mass is 290 g/mol. The van der Waals surface area contributed by atoms with Crippen molar-refractivity contribution in [1.82, 2.24) is 4.90 Å². The molecule has 0 fully saturated rings. The van der Waals surface area contributed by atoms with Gasteiger partial charge in [0.15, 0.2) is 0 Å². The Bertz CT molecular complexity index is 484. The van der Waals surface area contributed by atoms with Crippen LogP contribution in [0, 0.1) is 13.8 Å². The van der Waals surface area contributed by atoms with Crippen LogP contribution in [0.3, 0.4) is 0 Å². The zero-order valence-electron chi connectivity index (χ0n) is 14.0. The van der Waals surface area contributed by atoms with Gasteiger partial charge in [-0.1, -0.05) is 12.1 Å². The van der Waals surface area contributed by atoms with Gasteiger partial charge in [-0.3, -0.25) is 0 Å². The van der Waals surface area contributed by atoms with Crippen LogP contribution >= 0.6 is 0 Å². The lowest BCUT2D eigenvalue weighted by molar-refractivity contribution is 0.300. The van der Waals surface area contributed by atoms with E-state index in [1.54, 1.807) is 0 Å². The van der Waals surface area contributed by atoms with Crippen LogP contribution in [0.2, 0.25) is 0 Å². The molecule has 0 spiro atoms. The summed E-state index contributed by atoms with van der Waals surface area (Å²) in [5.41, 5.74) is 10.3. The molecule has 1 aromatic rings. The van der Waals surface area contributed by atoms with Crippen LogP contribution in [-0.2, 0) is 5.41 Å². The van der Waals surface area contributed by atoms with E-state index in [9.17, 15) is 0 Å². The van der Waals surface area contributed by atoms with Crippen molar-refractivity contribution in [2.75, 3.05) is 33.8 Å². The quantitative estimate of drug-likeness (QED) is 0.906. The maximum Gasteiger partial charge on any atom is 0.126 e. The number of hydrogen-bond acceptors (Lipinski definition) is 3.